The zero-order valence-electron chi connectivity index (χ0n) is 13.1. The third-order valence-electron chi connectivity index (χ3n) is 3.70. The molecule has 2 aromatic carbocycles. The van der Waals surface area contributed by atoms with Gasteiger partial charge in [-0.25, -0.2) is 17.2 Å². The van der Waals surface area contributed by atoms with Crippen LogP contribution in [0.5, 0.6) is 0 Å². The van der Waals surface area contributed by atoms with Crippen LogP contribution in [-0.4, -0.2) is 20.4 Å². The van der Waals surface area contributed by atoms with E-state index in [1.807, 2.05) is 0 Å². The molecule has 0 bridgehead atoms. The molecule has 8 heteroatoms. The van der Waals surface area contributed by atoms with Gasteiger partial charge in [0.05, 0.1) is 6.42 Å². The fraction of sp³-hybridized carbons (Fsp3) is 0.235. The summed E-state index contributed by atoms with van der Waals surface area (Å²) in [6.07, 6.45) is 2.20. The van der Waals surface area contributed by atoms with Crippen molar-refractivity contribution in [3.05, 3.63) is 59.7 Å². The average molecular weight is 366 g/mol. The fourth-order valence-electron chi connectivity index (χ4n) is 2.28. The first-order chi connectivity index (χ1) is 11.8. The molecule has 1 fully saturated rings. The Morgan fingerprint density at radius 3 is 2.40 bits per heavy atom. The lowest BCUT2D eigenvalue weighted by atomic mass is 10.1. The number of rotatable bonds is 6. The van der Waals surface area contributed by atoms with E-state index in [0.717, 1.165) is 30.5 Å². The number of nitrogens with one attached hydrogen (secondary N) is 2. The molecule has 0 heterocycles. The number of amides is 1. The molecule has 1 saturated carbocycles. The molecular weight excluding hydrogens is 350 g/mol. The lowest BCUT2D eigenvalue weighted by Crippen LogP contribution is -2.26. The number of sulfonamides is 1. The number of hydrogen-bond donors (Lipinski definition) is 2. The van der Waals surface area contributed by atoms with Crippen LogP contribution in [0.15, 0.2) is 47.4 Å². The van der Waals surface area contributed by atoms with E-state index in [-0.39, 0.29) is 24.1 Å². The van der Waals surface area contributed by atoms with E-state index >= 15 is 0 Å². The Labute approximate surface area is 144 Å². The number of carbonyl (C=O) groups excluding carboxylic acids is 1. The molecular formula is C17H16F2N2O3S. The first-order valence-electron chi connectivity index (χ1n) is 7.70. The van der Waals surface area contributed by atoms with Crippen molar-refractivity contribution in [3.8, 4) is 0 Å². The summed E-state index contributed by atoms with van der Waals surface area (Å²) in [4.78, 5) is 11.0. The largest absolute Gasteiger partial charge is 0.353 e. The molecule has 1 amide bonds. The Kier molecular flexibility index (Phi) is 4.71. The Morgan fingerprint density at radius 2 is 1.76 bits per heavy atom. The minimum atomic E-state index is -4.25. The van der Waals surface area contributed by atoms with Gasteiger partial charge in [0, 0.05) is 11.7 Å². The van der Waals surface area contributed by atoms with Crippen molar-refractivity contribution in [1.82, 2.24) is 5.32 Å². The Morgan fingerprint density at radius 1 is 1.08 bits per heavy atom. The molecule has 0 saturated heterocycles. The Hall–Kier alpha value is -2.48. The third-order valence-corrected chi connectivity index (χ3v) is 5.09. The molecule has 1 aliphatic carbocycles. The molecule has 3 rings (SSSR count). The second-order valence-electron chi connectivity index (χ2n) is 5.90. The number of carbonyl (C=O) groups is 1. The standard InChI is InChI=1S/C17H16F2N2O3S/c18-12-3-8-15(19)16(10-12)25(23,24)21-14-4-1-11(2-5-14)9-17(22)20-13-6-7-13/h1-5,8,10,13,21H,6-7,9H2,(H,20,22). The molecule has 2 aromatic rings. The Balaban J connectivity index is 1.69. The maximum atomic E-state index is 13.7. The van der Waals surface area contributed by atoms with Crippen LogP contribution in [0.4, 0.5) is 14.5 Å². The number of benzene rings is 2. The summed E-state index contributed by atoms with van der Waals surface area (Å²) < 4.78 is 53.4. The SMILES string of the molecule is O=C(Cc1ccc(NS(=O)(=O)c2cc(F)ccc2F)cc1)NC1CC1. The van der Waals surface area contributed by atoms with Gasteiger partial charge in [-0.1, -0.05) is 12.1 Å². The first kappa shape index (κ1) is 17.3. The van der Waals surface area contributed by atoms with Crippen molar-refractivity contribution >= 4 is 21.6 Å². The smallest absolute Gasteiger partial charge is 0.264 e. The molecule has 2 N–H and O–H groups in total. The van der Waals surface area contributed by atoms with Gasteiger partial charge < -0.3 is 5.32 Å². The van der Waals surface area contributed by atoms with Crippen molar-refractivity contribution in [2.24, 2.45) is 0 Å². The maximum Gasteiger partial charge on any atom is 0.264 e. The van der Waals surface area contributed by atoms with Crippen LogP contribution in [0.3, 0.4) is 0 Å². The van der Waals surface area contributed by atoms with E-state index in [1.165, 1.54) is 12.1 Å². The van der Waals surface area contributed by atoms with Gasteiger partial charge in [-0.15, -0.1) is 0 Å². The molecule has 0 unspecified atom stereocenters. The quantitative estimate of drug-likeness (QED) is 0.825. The van der Waals surface area contributed by atoms with Crippen molar-refractivity contribution < 1.29 is 22.0 Å². The molecule has 132 valence electrons. The Bertz CT molecular complexity index is 895. The summed E-state index contributed by atoms with van der Waals surface area (Å²) in [6, 6.07) is 8.64. The van der Waals surface area contributed by atoms with Crippen molar-refractivity contribution in [2.75, 3.05) is 4.72 Å². The van der Waals surface area contributed by atoms with Gasteiger partial charge in [-0.2, -0.15) is 0 Å². The van der Waals surface area contributed by atoms with Gasteiger partial charge in [-0.05, 0) is 48.7 Å². The molecule has 25 heavy (non-hydrogen) atoms. The fourth-order valence-corrected chi connectivity index (χ4v) is 3.42. The van der Waals surface area contributed by atoms with Gasteiger partial charge in [-0.3, -0.25) is 9.52 Å². The van der Waals surface area contributed by atoms with Gasteiger partial charge in [0.2, 0.25) is 5.91 Å². The summed E-state index contributed by atoms with van der Waals surface area (Å²) in [5, 5.41) is 2.86. The summed E-state index contributed by atoms with van der Waals surface area (Å²) >= 11 is 0. The molecule has 5 nitrogen and oxygen atoms in total. The van der Waals surface area contributed by atoms with Crippen LogP contribution in [-0.2, 0) is 21.2 Å². The highest BCUT2D eigenvalue weighted by molar-refractivity contribution is 7.92. The van der Waals surface area contributed by atoms with Gasteiger partial charge in [0.25, 0.3) is 10.0 Å². The van der Waals surface area contributed by atoms with E-state index in [4.69, 9.17) is 0 Å². The van der Waals surface area contributed by atoms with E-state index in [9.17, 15) is 22.0 Å². The van der Waals surface area contributed by atoms with E-state index < -0.39 is 26.6 Å². The number of anilines is 1. The van der Waals surface area contributed by atoms with Crippen LogP contribution in [0.25, 0.3) is 0 Å². The zero-order valence-corrected chi connectivity index (χ0v) is 13.9. The predicted molar refractivity (Wildman–Crippen MR) is 88.5 cm³/mol. The van der Waals surface area contributed by atoms with Crippen LogP contribution in [0.2, 0.25) is 0 Å². The van der Waals surface area contributed by atoms with Crippen LogP contribution in [0, 0.1) is 11.6 Å². The van der Waals surface area contributed by atoms with Crippen LogP contribution in [0.1, 0.15) is 18.4 Å². The van der Waals surface area contributed by atoms with Gasteiger partial charge in [0.1, 0.15) is 16.5 Å². The van der Waals surface area contributed by atoms with Gasteiger partial charge in [0.15, 0.2) is 0 Å². The highest BCUT2D eigenvalue weighted by atomic mass is 32.2. The summed E-state index contributed by atoms with van der Waals surface area (Å²) in [6.45, 7) is 0. The van der Waals surface area contributed by atoms with Crippen molar-refractivity contribution in [1.29, 1.82) is 0 Å². The number of hydrogen-bond acceptors (Lipinski definition) is 3. The minimum absolute atomic E-state index is 0.0855. The highest BCUT2D eigenvalue weighted by Gasteiger charge is 2.23. The van der Waals surface area contributed by atoms with E-state index in [2.05, 4.69) is 10.0 Å². The highest BCUT2D eigenvalue weighted by Crippen LogP contribution is 2.21. The summed E-state index contributed by atoms with van der Waals surface area (Å²) in [5.74, 6) is -1.97. The second kappa shape index (κ2) is 6.79. The molecule has 0 radical (unpaired) electrons. The van der Waals surface area contributed by atoms with E-state index in [0.29, 0.717) is 6.07 Å². The monoisotopic (exact) mass is 366 g/mol. The summed E-state index contributed by atoms with van der Waals surface area (Å²) in [5.41, 5.74) is 0.910. The topological polar surface area (TPSA) is 75.3 Å². The zero-order chi connectivity index (χ0) is 18.0. The second-order valence-corrected chi connectivity index (χ2v) is 7.55. The van der Waals surface area contributed by atoms with Crippen LogP contribution < -0.4 is 10.0 Å². The minimum Gasteiger partial charge on any atom is -0.353 e. The average Bonchev–Trinajstić information content (AvgIpc) is 3.35. The lowest BCUT2D eigenvalue weighted by molar-refractivity contribution is -0.120. The molecule has 0 spiro atoms. The molecule has 0 aromatic heterocycles. The molecule has 0 aliphatic heterocycles. The maximum absolute atomic E-state index is 13.7. The van der Waals surface area contributed by atoms with E-state index in [1.54, 1.807) is 12.1 Å². The van der Waals surface area contributed by atoms with Gasteiger partial charge >= 0.3 is 0 Å². The predicted octanol–water partition coefficient (Wildman–Crippen LogP) is 2.59. The number of halogens is 2. The normalized spacial score (nSPS) is 14.2. The van der Waals surface area contributed by atoms with Crippen molar-refractivity contribution in [3.63, 3.8) is 0 Å². The van der Waals surface area contributed by atoms with Crippen molar-refractivity contribution in [2.45, 2.75) is 30.2 Å². The summed E-state index contributed by atoms with van der Waals surface area (Å²) in [7, 11) is -4.25. The molecule has 0 atom stereocenters. The third kappa shape index (κ3) is 4.54. The molecule has 1 aliphatic rings. The first-order valence-corrected chi connectivity index (χ1v) is 9.18. The lowest BCUT2D eigenvalue weighted by Gasteiger charge is -2.10. The van der Waals surface area contributed by atoms with Crippen LogP contribution >= 0.6 is 0 Å².